The minimum Gasteiger partial charge on any atom is -0.376 e. The third-order valence-electron chi connectivity index (χ3n) is 4.18. The van der Waals surface area contributed by atoms with Gasteiger partial charge in [0, 0.05) is 39.1 Å². The normalized spacial score (nSPS) is 26.8. The summed E-state index contributed by atoms with van der Waals surface area (Å²) in [4.78, 5) is 25.1. The highest BCUT2D eigenvalue weighted by Gasteiger charge is 2.33. The number of nitrogens with zero attached hydrogens (tertiary/aromatic N) is 1. The fraction of sp³-hybridized carbons (Fsp3) is 0.857. The molecule has 8 heteroatoms. The standard InChI is InChI=1S/C14H24N2O5S/c1-11(17)16(12-5-8-22(19,20)10-12)6-4-14(18)15-9-13-3-2-7-21-13/h12-13H,2-10H2,1H3,(H,15,18). The van der Waals surface area contributed by atoms with Gasteiger partial charge < -0.3 is 15.0 Å². The minimum absolute atomic E-state index is 0.00408. The van der Waals surface area contributed by atoms with Crippen LogP contribution in [0.4, 0.5) is 0 Å². The second-order valence-electron chi connectivity index (χ2n) is 5.96. The molecule has 2 aliphatic rings. The van der Waals surface area contributed by atoms with Crippen LogP contribution in [0.25, 0.3) is 0 Å². The maximum absolute atomic E-state index is 11.8. The molecule has 2 unspecified atom stereocenters. The largest absolute Gasteiger partial charge is 0.376 e. The number of nitrogens with one attached hydrogen (secondary N) is 1. The number of amides is 2. The smallest absolute Gasteiger partial charge is 0.221 e. The van der Waals surface area contributed by atoms with Crippen LogP contribution in [-0.4, -0.2) is 68.5 Å². The Labute approximate surface area is 131 Å². The van der Waals surface area contributed by atoms with Crippen molar-refractivity contribution < 1.29 is 22.7 Å². The Morgan fingerprint density at radius 3 is 2.64 bits per heavy atom. The zero-order valence-electron chi connectivity index (χ0n) is 12.9. The summed E-state index contributed by atoms with van der Waals surface area (Å²) in [6.45, 7) is 2.91. The van der Waals surface area contributed by atoms with E-state index in [-0.39, 0.29) is 48.4 Å². The zero-order chi connectivity index (χ0) is 16.2. The molecule has 0 spiro atoms. The van der Waals surface area contributed by atoms with E-state index >= 15 is 0 Å². The number of hydrogen-bond donors (Lipinski definition) is 1. The molecule has 2 saturated heterocycles. The van der Waals surface area contributed by atoms with Crippen LogP contribution in [0.2, 0.25) is 0 Å². The number of ether oxygens (including phenoxy) is 1. The second-order valence-corrected chi connectivity index (χ2v) is 8.19. The molecule has 0 aliphatic carbocycles. The van der Waals surface area contributed by atoms with Gasteiger partial charge in [-0.1, -0.05) is 0 Å². The molecular weight excluding hydrogens is 308 g/mol. The van der Waals surface area contributed by atoms with Crippen molar-refractivity contribution >= 4 is 21.7 Å². The molecule has 0 aromatic carbocycles. The lowest BCUT2D eigenvalue weighted by atomic mass is 10.2. The molecule has 0 radical (unpaired) electrons. The van der Waals surface area contributed by atoms with E-state index in [4.69, 9.17) is 4.74 Å². The molecule has 22 heavy (non-hydrogen) atoms. The SMILES string of the molecule is CC(=O)N(CCC(=O)NCC1CCCO1)C1CCS(=O)(=O)C1. The van der Waals surface area contributed by atoms with E-state index in [1.54, 1.807) is 0 Å². The summed E-state index contributed by atoms with van der Waals surface area (Å²) in [5.74, 6) is -0.201. The first kappa shape index (κ1) is 17.2. The van der Waals surface area contributed by atoms with Crippen molar-refractivity contribution in [3.05, 3.63) is 0 Å². The predicted molar refractivity (Wildman–Crippen MR) is 81.0 cm³/mol. The van der Waals surface area contributed by atoms with Crippen molar-refractivity contribution in [3.8, 4) is 0 Å². The van der Waals surface area contributed by atoms with Crippen molar-refractivity contribution in [1.29, 1.82) is 0 Å². The summed E-state index contributed by atoms with van der Waals surface area (Å²) in [7, 11) is -3.04. The molecule has 2 atom stereocenters. The van der Waals surface area contributed by atoms with Gasteiger partial charge >= 0.3 is 0 Å². The summed E-state index contributed by atoms with van der Waals surface area (Å²) in [6.07, 6.45) is 2.71. The van der Waals surface area contributed by atoms with Crippen LogP contribution in [0.15, 0.2) is 0 Å². The van der Waals surface area contributed by atoms with Crippen LogP contribution in [0, 0.1) is 0 Å². The van der Waals surface area contributed by atoms with E-state index in [0.29, 0.717) is 13.0 Å². The van der Waals surface area contributed by atoms with E-state index in [2.05, 4.69) is 5.32 Å². The van der Waals surface area contributed by atoms with Crippen LogP contribution in [0.3, 0.4) is 0 Å². The van der Waals surface area contributed by atoms with Crippen molar-refractivity contribution in [2.75, 3.05) is 31.2 Å². The van der Waals surface area contributed by atoms with E-state index in [1.807, 2.05) is 0 Å². The third-order valence-corrected chi connectivity index (χ3v) is 5.93. The molecule has 0 aromatic rings. The topological polar surface area (TPSA) is 92.8 Å². The second kappa shape index (κ2) is 7.41. The Kier molecular flexibility index (Phi) is 5.80. The van der Waals surface area contributed by atoms with Gasteiger partial charge in [-0.15, -0.1) is 0 Å². The monoisotopic (exact) mass is 332 g/mol. The highest BCUT2D eigenvalue weighted by atomic mass is 32.2. The Morgan fingerprint density at radius 1 is 1.32 bits per heavy atom. The van der Waals surface area contributed by atoms with Gasteiger partial charge in [-0.3, -0.25) is 9.59 Å². The Balaban J connectivity index is 1.76. The first-order valence-electron chi connectivity index (χ1n) is 7.73. The third kappa shape index (κ3) is 4.95. The summed E-state index contributed by atoms with van der Waals surface area (Å²) >= 11 is 0. The van der Waals surface area contributed by atoms with Crippen LogP contribution in [0.5, 0.6) is 0 Å². The van der Waals surface area contributed by atoms with E-state index in [1.165, 1.54) is 11.8 Å². The van der Waals surface area contributed by atoms with Crippen LogP contribution < -0.4 is 5.32 Å². The first-order chi connectivity index (χ1) is 10.4. The molecule has 126 valence electrons. The van der Waals surface area contributed by atoms with Gasteiger partial charge in [-0.05, 0) is 19.3 Å². The summed E-state index contributed by atoms with van der Waals surface area (Å²) in [6, 6.07) is -0.298. The molecular formula is C14H24N2O5S. The van der Waals surface area contributed by atoms with E-state index < -0.39 is 9.84 Å². The van der Waals surface area contributed by atoms with Crippen LogP contribution >= 0.6 is 0 Å². The average molecular weight is 332 g/mol. The van der Waals surface area contributed by atoms with Gasteiger partial charge in [-0.25, -0.2) is 8.42 Å². The van der Waals surface area contributed by atoms with E-state index in [0.717, 1.165) is 19.4 Å². The molecule has 0 bridgehead atoms. The fourth-order valence-electron chi connectivity index (χ4n) is 2.96. The molecule has 2 fully saturated rings. The number of rotatable bonds is 6. The Hall–Kier alpha value is -1.15. The summed E-state index contributed by atoms with van der Waals surface area (Å²) in [5.41, 5.74) is 0. The van der Waals surface area contributed by atoms with Gasteiger partial charge in [0.05, 0.1) is 17.6 Å². The average Bonchev–Trinajstić information content (AvgIpc) is 3.06. The number of hydrogen-bond acceptors (Lipinski definition) is 5. The number of sulfone groups is 1. The summed E-state index contributed by atoms with van der Waals surface area (Å²) in [5, 5.41) is 2.81. The fourth-order valence-corrected chi connectivity index (χ4v) is 4.69. The molecule has 2 aliphatic heterocycles. The lowest BCUT2D eigenvalue weighted by Crippen LogP contribution is -2.42. The van der Waals surface area contributed by atoms with Crippen molar-refractivity contribution in [1.82, 2.24) is 10.2 Å². The van der Waals surface area contributed by atoms with Gasteiger partial charge in [0.25, 0.3) is 0 Å². The van der Waals surface area contributed by atoms with Crippen molar-refractivity contribution in [2.24, 2.45) is 0 Å². The lowest BCUT2D eigenvalue weighted by molar-refractivity contribution is -0.131. The van der Waals surface area contributed by atoms with Gasteiger partial charge in [-0.2, -0.15) is 0 Å². The van der Waals surface area contributed by atoms with Gasteiger partial charge in [0.1, 0.15) is 0 Å². The van der Waals surface area contributed by atoms with Gasteiger partial charge in [0.2, 0.25) is 11.8 Å². The van der Waals surface area contributed by atoms with Crippen LogP contribution in [0.1, 0.15) is 32.6 Å². The van der Waals surface area contributed by atoms with Crippen molar-refractivity contribution in [2.45, 2.75) is 44.8 Å². The first-order valence-corrected chi connectivity index (χ1v) is 9.55. The molecule has 1 N–H and O–H groups in total. The maximum Gasteiger partial charge on any atom is 0.221 e. The van der Waals surface area contributed by atoms with Crippen molar-refractivity contribution in [3.63, 3.8) is 0 Å². The highest BCUT2D eigenvalue weighted by Crippen LogP contribution is 2.18. The molecule has 0 aromatic heterocycles. The quantitative estimate of drug-likeness (QED) is 0.721. The molecule has 2 amide bonds. The molecule has 2 heterocycles. The Morgan fingerprint density at radius 2 is 2.09 bits per heavy atom. The van der Waals surface area contributed by atoms with Crippen LogP contribution in [-0.2, 0) is 24.2 Å². The number of carbonyl (C=O) groups excluding carboxylic acids is 2. The van der Waals surface area contributed by atoms with E-state index in [9.17, 15) is 18.0 Å². The highest BCUT2D eigenvalue weighted by molar-refractivity contribution is 7.91. The zero-order valence-corrected chi connectivity index (χ0v) is 13.7. The molecule has 7 nitrogen and oxygen atoms in total. The van der Waals surface area contributed by atoms with Gasteiger partial charge in [0.15, 0.2) is 9.84 Å². The Bertz CT molecular complexity index is 513. The lowest BCUT2D eigenvalue weighted by Gasteiger charge is -2.26. The minimum atomic E-state index is -3.04. The maximum atomic E-state index is 11.8. The summed E-state index contributed by atoms with van der Waals surface area (Å²) < 4.78 is 28.5. The predicted octanol–water partition coefficient (Wildman–Crippen LogP) is -0.293. The molecule has 0 saturated carbocycles. The number of carbonyl (C=O) groups is 2. The molecule has 2 rings (SSSR count).